The second-order valence-corrected chi connectivity index (χ2v) is 2.11. The Kier molecular flexibility index (Phi) is 1.63. The summed E-state index contributed by atoms with van der Waals surface area (Å²) in [5.74, 6) is 0.620. The molecule has 0 aliphatic heterocycles. The molecule has 0 aromatic heterocycles. The van der Waals surface area contributed by atoms with Crippen LogP contribution in [-0.4, -0.2) is 12.8 Å². The molecule has 1 saturated carbocycles. The van der Waals surface area contributed by atoms with E-state index in [1.807, 2.05) is 0 Å². The highest BCUT2D eigenvalue weighted by Crippen LogP contribution is 2.29. The van der Waals surface area contributed by atoms with Crippen LogP contribution < -0.4 is 5.32 Å². The monoisotopic (exact) mass is 112 g/mol. The Morgan fingerprint density at radius 2 is 2.38 bits per heavy atom. The van der Waals surface area contributed by atoms with E-state index in [-0.39, 0.29) is 5.78 Å². The molecule has 1 rings (SSSR count). The fraction of sp³-hybridized carbons (Fsp3) is 0.667. The predicted molar refractivity (Wildman–Crippen MR) is 31.1 cm³/mol. The van der Waals surface area contributed by atoms with Crippen LogP contribution >= 0.6 is 0 Å². The Morgan fingerprint density at radius 1 is 1.75 bits per heavy atom. The summed E-state index contributed by atoms with van der Waals surface area (Å²) in [4.78, 5) is 10.7. The van der Waals surface area contributed by atoms with Crippen molar-refractivity contribution >= 4 is 5.78 Å². The van der Waals surface area contributed by atoms with Crippen molar-refractivity contribution in [2.75, 3.05) is 7.05 Å². The Hall–Kier alpha value is -0.370. The third-order valence-corrected chi connectivity index (χ3v) is 1.27. The molecule has 0 aromatic rings. The molecule has 2 heteroatoms. The molecule has 2 nitrogen and oxygen atoms in total. The number of likely N-dealkylation sites (N-methyl/N-ethyl adjacent to an activating group) is 1. The van der Waals surface area contributed by atoms with Gasteiger partial charge in [0.2, 0.25) is 0 Å². The molecule has 1 N–H and O–H groups in total. The predicted octanol–water partition coefficient (Wildman–Crippen LogP) is 0.347. The molecule has 0 aromatic carbocycles. The summed E-state index contributed by atoms with van der Waals surface area (Å²) in [5.41, 5.74) is 0. The van der Waals surface area contributed by atoms with E-state index >= 15 is 0 Å². The molecule has 1 aliphatic carbocycles. The molecule has 1 fully saturated rings. The van der Waals surface area contributed by atoms with Gasteiger partial charge < -0.3 is 5.32 Å². The van der Waals surface area contributed by atoms with Crippen molar-refractivity contribution in [3.8, 4) is 0 Å². The van der Waals surface area contributed by atoms with E-state index in [2.05, 4.69) is 5.32 Å². The van der Waals surface area contributed by atoms with Gasteiger partial charge in [0, 0.05) is 5.92 Å². The molecule has 0 saturated heterocycles. The van der Waals surface area contributed by atoms with Crippen molar-refractivity contribution in [2.24, 2.45) is 5.92 Å². The molecule has 8 heavy (non-hydrogen) atoms. The maximum atomic E-state index is 10.7. The normalized spacial score (nSPS) is 18.6. The lowest BCUT2D eigenvalue weighted by molar-refractivity contribution is -0.117. The second kappa shape index (κ2) is 2.27. The maximum Gasteiger partial charge on any atom is 0.154 e. The highest BCUT2D eigenvalue weighted by Gasteiger charge is 2.28. The quantitative estimate of drug-likeness (QED) is 0.570. The SMILES string of the molecule is CN[CH]C(=O)C1CC1. The highest BCUT2D eigenvalue weighted by atomic mass is 16.1. The Bertz CT molecular complexity index is 96.7. The standard InChI is InChI=1S/C6H10NO/c1-7-4-6(8)5-2-3-5/h4-5,7H,2-3H2,1H3. The van der Waals surface area contributed by atoms with Crippen molar-refractivity contribution in [1.29, 1.82) is 0 Å². The van der Waals surface area contributed by atoms with Crippen LogP contribution in [0, 0.1) is 12.5 Å². The molecule has 0 spiro atoms. The number of carbonyl (C=O) groups excluding carboxylic acids is 1. The third-order valence-electron chi connectivity index (χ3n) is 1.27. The lowest BCUT2D eigenvalue weighted by Crippen LogP contribution is -2.12. The summed E-state index contributed by atoms with van der Waals surface area (Å²) < 4.78 is 0. The first-order chi connectivity index (χ1) is 3.84. The lowest BCUT2D eigenvalue weighted by Gasteiger charge is -1.91. The fourth-order valence-electron chi connectivity index (χ4n) is 0.628. The first-order valence-corrected chi connectivity index (χ1v) is 2.89. The Morgan fingerprint density at radius 3 is 2.75 bits per heavy atom. The minimum Gasteiger partial charge on any atom is -0.309 e. The van der Waals surface area contributed by atoms with E-state index in [9.17, 15) is 4.79 Å². The number of hydrogen-bond acceptors (Lipinski definition) is 2. The van der Waals surface area contributed by atoms with Gasteiger partial charge in [-0.1, -0.05) is 0 Å². The topological polar surface area (TPSA) is 29.1 Å². The zero-order valence-corrected chi connectivity index (χ0v) is 4.98. The van der Waals surface area contributed by atoms with Crippen molar-refractivity contribution in [1.82, 2.24) is 5.32 Å². The second-order valence-electron chi connectivity index (χ2n) is 2.11. The minimum absolute atomic E-state index is 0.257. The van der Waals surface area contributed by atoms with Crippen LogP contribution in [0.2, 0.25) is 0 Å². The van der Waals surface area contributed by atoms with Gasteiger partial charge in [-0.15, -0.1) is 0 Å². The molecule has 1 radical (unpaired) electrons. The van der Waals surface area contributed by atoms with Crippen molar-refractivity contribution in [3.63, 3.8) is 0 Å². The van der Waals surface area contributed by atoms with Gasteiger partial charge in [-0.05, 0) is 19.9 Å². The number of ketones is 1. The van der Waals surface area contributed by atoms with E-state index < -0.39 is 0 Å². The number of hydrogen-bond donors (Lipinski definition) is 1. The summed E-state index contributed by atoms with van der Waals surface area (Å²) in [5, 5.41) is 2.71. The molecule has 0 unspecified atom stereocenters. The zero-order valence-electron chi connectivity index (χ0n) is 4.98. The first kappa shape index (κ1) is 5.76. The number of Topliss-reactive ketones (excluding diaryl/α,β-unsaturated/α-hetero) is 1. The first-order valence-electron chi connectivity index (χ1n) is 2.89. The summed E-state index contributed by atoms with van der Waals surface area (Å²) in [7, 11) is 1.75. The third kappa shape index (κ3) is 1.30. The molecule has 45 valence electrons. The largest absolute Gasteiger partial charge is 0.309 e. The van der Waals surface area contributed by atoms with Gasteiger partial charge in [0.05, 0.1) is 6.54 Å². The van der Waals surface area contributed by atoms with Gasteiger partial charge in [0.15, 0.2) is 5.78 Å². The summed E-state index contributed by atoms with van der Waals surface area (Å²) in [6.45, 7) is 1.54. The molecule has 0 heterocycles. The van der Waals surface area contributed by atoms with Crippen LogP contribution in [0.15, 0.2) is 0 Å². The van der Waals surface area contributed by atoms with Crippen LogP contribution in [0.5, 0.6) is 0 Å². The van der Waals surface area contributed by atoms with E-state index in [0.717, 1.165) is 12.8 Å². The summed E-state index contributed by atoms with van der Waals surface area (Å²) in [6.07, 6.45) is 2.19. The average Bonchev–Trinajstić information content (AvgIpc) is 2.45. The van der Waals surface area contributed by atoms with Crippen LogP contribution in [-0.2, 0) is 4.79 Å². The zero-order chi connectivity index (χ0) is 5.98. The van der Waals surface area contributed by atoms with Crippen LogP contribution in [0.3, 0.4) is 0 Å². The van der Waals surface area contributed by atoms with Crippen LogP contribution in [0.1, 0.15) is 12.8 Å². The van der Waals surface area contributed by atoms with Gasteiger partial charge in [-0.2, -0.15) is 0 Å². The van der Waals surface area contributed by atoms with Crippen molar-refractivity contribution < 1.29 is 4.79 Å². The molecular formula is C6H10NO. The van der Waals surface area contributed by atoms with Gasteiger partial charge in [0.25, 0.3) is 0 Å². The minimum atomic E-state index is 0.257. The molecule has 0 atom stereocenters. The van der Waals surface area contributed by atoms with E-state index in [4.69, 9.17) is 0 Å². The molecule has 0 bridgehead atoms. The summed E-state index contributed by atoms with van der Waals surface area (Å²) in [6, 6.07) is 0. The lowest BCUT2D eigenvalue weighted by atomic mass is 10.3. The number of nitrogens with one attached hydrogen (secondary N) is 1. The molecular weight excluding hydrogens is 102 g/mol. The summed E-state index contributed by atoms with van der Waals surface area (Å²) >= 11 is 0. The smallest absolute Gasteiger partial charge is 0.154 e. The van der Waals surface area contributed by atoms with Crippen molar-refractivity contribution in [2.45, 2.75) is 12.8 Å². The van der Waals surface area contributed by atoms with Crippen molar-refractivity contribution in [3.05, 3.63) is 6.54 Å². The maximum absolute atomic E-state index is 10.7. The molecule has 1 aliphatic rings. The van der Waals surface area contributed by atoms with Crippen LogP contribution in [0.4, 0.5) is 0 Å². The Labute approximate surface area is 49.3 Å². The van der Waals surface area contributed by atoms with E-state index in [1.54, 1.807) is 7.05 Å². The number of carbonyl (C=O) groups is 1. The average molecular weight is 112 g/mol. The van der Waals surface area contributed by atoms with Gasteiger partial charge in [-0.3, -0.25) is 4.79 Å². The highest BCUT2D eigenvalue weighted by molar-refractivity contribution is 5.90. The molecule has 0 amide bonds. The van der Waals surface area contributed by atoms with Gasteiger partial charge >= 0.3 is 0 Å². The van der Waals surface area contributed by atoms with Crippen LogP contribution in [0.25, 0.3) is 0 Å². The Balaban J connectivity index is 2.13. The van der Waals surface area contributed by atoms with Gasteiger partial charge in [0.1, 0.15) is 0 Å². The van der Waals surface area contributed by atoms with Gasteiger partial charge in [-0.25, -0.2) is 0 Å². The fourth-order valence-corrected chi connectivity index (χ4v) is 0.628. The number of rotatable bonds is 3. The van der Waals surface area contributed by atoms with E-state index in [0.29, 0.717) is 5.92 Å². The van der Waals surface area contributed by atoms with E-state index in [1.165, 1.54) is 6.54 Å².